The summed E-state index contributed by atoms with van der Waals surface area (Å²) in [5, 5.41) is 5.44. The quantitative estimate of drug-likeness (QED) is 0.535. The molecule has 8 nitrogen and oxygen atoms in total. The number of nitrogens with one attached hydrogen (secondary N) is 2. The van der Waals surface area contributed by atoms with Gasteiger partial charge in [-0.25, -0.2) is 8.42 Å². The van der Waals surface area contributed by atoms with Crippen LogP contribution < -0.4 is 15.4 Å². The van der Waals surface area contributed by atoms with Crippen LogP contribution in [0.4, 0.5) is 5.69 Å². The van der Waals surface area contributed by atoms with E-state index in [2.05, 4.69) is 10.6 Å². The largest absolute Gasteiger partial charge is 0.492 e. The monoisotopic (exact) mass is 461 g/mol. The average molecular weight is 462 g/mol. The van der Waals surface area contributed by atoms with Gasteiger partial charge in [0, 0.05) is 31.6 Å². The molecule has 0 atom stereocenters. The molecule has 0 fully saturated rings. The zero-order chi connectivity index (χ0) is 23.7. The highest BCUT2D eigenvalue weighted by molar-refractivity contribution is 7.89. The molecule has 0 radical (unpaired) electrons. The highest BCUT2D eigenvalue weighted by atomic mass is 32.2. The molecule has 2 aromatic rings. The normalized spacial score (nSPS) is 11.3. The first-order chi connectivity index (χ1) is 15.2. The number of hydrogen-bond donors (Lipinski definition) is 2. The van der Waals surface area contributed by atoms with Crippen molar-refractivity contribution in [3.8, 4) is 5.75 Å². The first-order valence-electron chi connectivity index (χ1n) is 10.6. The molecular formula is C23H31N3O5S. The summed E-state index contributed by atoms with van der Waals surface area (Å²) in [6.07, 6.45) is 0.0240. The molecule has 0 aliphatic carbocycles. The lowest BCUT2D eigenvalue weighted by molar-refractivity contribution is -0.116. The highest BCUT2D eigenvalue weighted by Gasteiger charge is 2.23. The summed E-state index contributed by atoms with van der Waals surface area (Å²) in [5.41, 5.74) is 1.68. The predicted octanol–water partition coefficient (Wildman–Crippen LogP) is 3.18. The standard InChI is InChI=1S/C23H31N3O5S/c1-5-26(6-2)32(29,30)18-12-13-21(31-7-3)20(16-18)25-22(27)14-15-24-23(28)19-11-9-8-10-17(19)4/h8-13,16H,5-7,14-15H2,1-4H3,(H,24,28)(H,25,27). The molecule has 0 bridgehead atoms. The van der Waals surface area contributed by atoms with Gasteiger partial charge in [0.25, 0.3) is 5.91 Å². The van der Waals surface area contributed by atoms with Crippen molar-refractivity contribution in [3.63, 3.8) is 0 Å². The second-order valence-electron chi connectivity index (χ2n) is 7.05. The number of ether oxygens (including phenoxy) is 1. The maximum Gasteiger partial charge on any atom is 0.251 e. The second kappa shape index (κ2) is 11.6. The number of carbonyl (C=O) groups excluding carboxylic acids is 2. The molecule has 2 amide bonds. The Hall–Kier alpha value is -2.91. The Bertz CT molecular complexity index is 1050. The van der Waals surface area contributed by atoms with Crippen molar-refractivity contribution in [3.05, 3.63) is 53.6 Å². The van der Waals surface area contributed by atoms with Gasteiger partial charge in [-0.2, -0.15) is 4.31 Å². The maximum absolute atomic E-state index is 12.8. The van der Waals surface area contributed by atoms with Gasteiger partial charge in [-0.3, -0.25) is 9.59 Å². The highest BCUT2D eigenvalue weighted by Crippen LogP contribution is 2.29. The molecule has 2 N–H and O–H groups in total. The van der Waals surface area contributed by atoms with Crippen molar-refractivity contribution in [1.82, 2.24) is 9.62 Å². The molecule has 0 spiro atoms. The third-order valence-corrected chi connectivity index (χ3v) is 6.94. The molecule has 0 unspecified atom stereocenters. The third kappa shape index (κ3) is 6.30. The SMILES string of the molecule is CCOc1ccc(S(=O)(=O)N(CC)CC)cc1NC(=O)CCNC(=O)c1ccccc1C. The lowest BCUT2D eigenvalue weighted by Crippen LogP contribution is -2.30. The summed E-state index contributed by atoms with van der Waals surface area (Å²) >= 11 is 0. The zero-order valence-electron chi connectivity index (χ0n) is 19.0. The van der Waals surface area contributed by atoms with E-state index in [1.165, 1.54) is 22.5 Å². The van der Waals surface area contributed by atoms with Gasteiger partial charge >= 0.3 is 0 Å². The number of hydrogen-bond acceptors (Lipinski definition) is 5. The molecule has 0 aliphatic heterocycles. The van der Waals surface area contributed by atoms with Crippen LogP contribution in [0.25, 0.3) is 0 Å². The van der Waals surface area contributed by atoms with Crippen LogP contribution in [0.3, 0.4) is 0 Å². The lowest BCUT2D eigenvalue weighted by Gasteiger charge is -2.20. The van der Waals surface area contributed by atoms with Gasteiger partial charge < -0.3 is 15.4 Å². The smallest absolute Gasteiger partial charge is 0.251 e. The van der Waals surface area contributed by atoms with Crippen molar-refractivity contribution in [2.45, 2.75) is 39.0 Å². The van der Waals surface area contributed by atoms with E-state index in [9.17, 15) is 18.0 Å². The van der Waals surface area contributed by atoms with E-state index in [4.69, 9.17) is 4.74 Å². The Labute approximate surface area is 190 Å². The number of benzene rings is 2. The number of rotatable bonds is 11. The fourth-order valence-corrected chi connectivity index (χ4v) is 4.67. The Balaban J connectivity index is 2.10. The van der Waals surface area contributed by atoms with E-state index >= 15 is 0 Å². The van der Waals surface area contributed by atoms with E-state index in [0.717, 1.165) is 5.56 Å². The summed E-state index contributed by atoms with van der Waals surface area (Å²) in [6, 6.07) is 11.6. The van der Waals surface area contributed by atoms with Crippen molar-refractivity contribution in [2.75, 3.05) is 31.6 Å². The van der Waals surface area contributed by atoms with Crippen LogP contribution in [0.1, 0.15) is 43.1 Å². The summed E-state index contributed by atoms with van der Waals surface area (Å²) < 4.78 is 32.6. The third-order valence-electron chi connectivity index (χ3n) is 4.90. The fraction of sp³-hybridized carbons (Fsp3) is 0.391. The molecule has 0 saturated heterocycles. The Kier molecular flexibility index (Phi) is 9.22. The molecule has 0 saturated carbocycles. The number of amides is 2. The number of nitrogens with zero attached hydrogens (tertiary/aromatic N) is 1. The summed E-state index contributed by atoms with van der Waals surface area (Å²) in [5.74, 6) is -0.241. The van der Waals surface area contributed by atoms with Gasteiger partial charge in [-0.1, -0.05) is 32.0 Å². The van der Waals surface area contributed by atoms with E-state index in [0.29, 0.717) is 31.0 Å². The van der Waals surface area contributed by atoms with Gasteiger partial charge in [0.2, 0.25) is 15.9 Å². The molecule has 9 heteroatoms. The molecule has 2 rings (SSSR count). The van der Waals surface area contributed by atoms with Gasteiger partial charge in [-0.15, -0.1) is 0 Å². The maximum atomic E-state index is 12.8. The molecule has 0 heterocycles. The topological polar surface area (TPSA) is 105 Å². The van der Waals surface area contributed by atoms with E-state index in [1.54, 1.807) is 32.9 Å². The van der Waals surface area contributed by atoms with E-state index in [-0.39, 0.29) is 35.4 Å². The first kappa shape index (κ1) is 25.4. The van der Waals surface area contributed by atoms with Crippen molar-refractivity contribution >= 4 is 27.5 Å². The number of sulfonamides is 1. The van der Waals surface area contributed by atoms with Gasteiger partial charge in [0.1, 0.15) is 5.75 Å². The van der Waals surface area contributed by atoms with Gasteiger partial charge in [-0.05, 0) is 43.7 Å². The van der Waals surface area contributed by atoms with Crippen LogP contribution >= 0.6 is 0 Å². The van der Waals surface area contributed by atoms with Crippen LogP contribution in [0.2, 0.25) is 0 Å². The van der Waals surface area contributed by atoms with Crippen LogP contribution in [-0.2, 0) is 14.8 Å². The van der Waals surface area contributed by atoms with Crippen LogP contribution in [0.5, 0.6) is 5.75 Å². The van der Waals surface area contributed by atoms with Crippen LogP contribution in [-0.4, -0.2) is 50.8 Å². The number of anilines is 1. The number of aryl methyl sites for hydroxylation is 1. The summed E-state index contributed by atoms with van der Waals surface area (Å²) in [6.45, 7) is 8.36. The molecule has 32 heavy (non-hydrogen) atoms. The zero-order valence-corrected chi connectivity index (χ0v) is 19.8. The molecule has 174 valence electrons. The van der Waals surface area contributed by atoms with Crippen LogP contribution in [0.15, 0.2) is 47.4 Å². The van der Waals surface area contributed by atoms with Gasteiger partial charge in [0.15, 0.2) is 0 Å². The molecule has 0 aromatic heterocycles. The fourth-order valence-electron chi connectivity index (χ4n) is 3.19. The van der Waals surface area contributed by atoms with Crippen LogP contribution in [0, 0.1) is 6.92 Å². The minimum Gasteiger partial charge on any atom is -0.492 e. The Morgan fingerprint density at radius 1 is 1.03 bits per heavy atom. The van der Waals surface area contributed by atoms with Crippen molar-refractivity contribution in [1.29, 1.82) is 0 Å². The van der Waals surface area contributed by atoms with Gasteiger partial charge in [0.05, 0.1) is 17.2 Å². The molecule has 0 aliphatic rings. The molecule has 2 aromatic carbocycles. The number of carbonyl (C=O) groups is 2. The minimum atomic E-state index is -3.68. The Morgan fingerprint density at radius 2 is 1.72 bits per heavy atom. The summed E-state index contributed by atoms with van der Waals surface area (Å²) in [7, 11) is -3.68. The first-order valence-corrected chi connectivity index (χ1v) is 12.1. The van der Waals surface area contributed by atoms with Crippen molar-refractivity contribution < 1.29 is 22.7 Å². The molecular weight excluding hydrogens is 430 g/mol. The lowest BCUT2D eigenvalue weighted by atomic mass is 10.1. The Morgan fingerprint density at radius 3 is 2.34 bits per heavy atom. The van der Waals surface area contributed by atoms with E-state index < -0.39 is 10.0 Å². The summed E-state index contributed by atoms with van der Waals surface area (Å²) in [4.78, 5) is 24.8. The average Bonchev–Trinajstić information content (AvgIpc) is 2.76. The predicted molar refractivity (Wildman–Crippen MR) is 124 cm³/mol. The van der Waals surface area contributed by atoms with Crippen molar-refractivity contribution in [2.24, 2.45) is 0 Å². The minimum absolute atomic E-state index is 0.0240. The van der Waals surface area contributed by atoms with E-state index in [1.807, 2.05) is 19.1 Å². The second-order valence-corrected chi connectivity index (χ2v) is 8.99.